The number of rotatable bonds is 6. The van der Waals surface area contributed by atoms with Gasteiger partial charge in [-0.25, -0.2) is 0 Å². The summed E-state index contributed by atoms with van der Waals surface area (Å²) in [6.45, 7) is 0. The van der Waals surface area contributed by atoms with E-state index in [1.54, 1.807) is 0 Å². The molecular formula is C16H20NO3P. The molecule has 0 heterocycles. The highest BCUT2D eigenvalue weighted by atomic mass is 31.2. The molecule has 0 aliphatic carbocycles. The Labute approximate surface area is 125 Å². The Morgan fingerprint density at radius 3 is 1.86 bits per heavy atom. The zero-order valence-corrected chi connectivity index (χ0v) is 13.4. The molecule has 4 nitrogen and oxygen atoms in total. The lowest BCUT2D eigenvalue weighted by Crippen LogP contribution is -2.25. The van der Waals surface area contributed by atoms with E-state index in [2.05, 4.69) is 0 Å². The van der Waals surface area contributed by atoms with E-state index in [0.717, 1.165) is 11.3 Å². The van der Waals surface area contributed by atoms with Gasteiger partial charge in [-0.05, 0) is 17.7 Å². The number of para-hydroxylation sites is 1. The molecule has 0 aliphatic rings. The van der Waals surface area contributed by atoms with Gasteiger partial charge in [0.25, 0.3) is 0 Å². The first-order valence-corrected chi connectivity index (χ1v) is 8.27. The second-order valence-corrected chi connectivity index (χ2v) is 6.93. The number of nitrogens with zero attached hydrogens (tertiary/aromatic N) is 1. The van der Waals surface area contributed by atoms with Gasteiger partial charge in [-0.1, -0.05) is 48.5 Å². The summed E-state index contributed by atoms with van der Waals surface area (Å²) < 4.78 is 23.5. The molecule has 0 spiro atoms. The zero-order chi connectivity index (χ0) is 15.3. The van der Waals surface area contributed by atoms with Gasteiger partial charge in [-0.2, -0.15) is 0 Å². The van der Waals surface area contributed by atoms with Crippen molar-refractivity contribution in [3.63, 3.8) is 0 Å². The van der Waals surface area contributed by atoms with Crippen molar-refractivity contribution in [3.8, 4) is 0 Å². The average Bonchev–Trinajstić information content (AvgIpc) is 2.56. The average molecular weight is 305 g/mol. The van der Waals surface area contributed by atoms with Crippen molar-refractivity contribution >= 4 is 13.3 Å². The smallest absolute Gasteiger partial charge is 0.356 e. The summed E-state index contributed by atoms with van der Waals surface area (Å²) in [5, 5.41) is 0. The lowest BCUT2D eigenvalue weighted by molar-refractivity contribution is 0.265. The highest BCUT2D eigenvalue weighted by Crippen LogP contribution is 2.61. The first-order chi connectivity index (χ1) is 10.1. The van der Waals surface area contributed by atoms with Crippen LogP contribution in [0.5, 0.6) is 0 Å². The molecule has 2 rings (SSSR count). The third kappa shape index (κ3) is 3.35. The molecule has 0 N–H and O–H groups in total. The van der Waals surface area contributed by atoms with Gasteiger partial charge in [0.15, 0.2) is 5.78 Å². The third-order valence-corrected chi connectivity index (χ3v) is 5.70. The van der Waals surface area contributed by atoms with Crippen LogP contribution in [0.25, 0.3) is 0 Å². The second kappa shape index (κ2) is 6.90. The van der Waals surface area contributed by atoms with Crippen molar-refractivity contribution in [2.24, 2.45) is 0 Å². The molecule has 0 radical (unpaired) electrons. The number of anilines is 1. The van der Waals surface area contributed by atoms with Crippen molar-refractivity contribution in [1.29, 1.82) is 0 Å². The van der Waals surface area contributed by atoms with E-state index in [1.807, 2.05) is 72.6 Å². The van der Waals surface area contributed by atoms with E-state index in [-0.39, 0.29) is 0 Å². The van der Waals surface area contributed by atoms with E-state index in [0.29, 0.717) is 0 Å². The molecular weight excluding hydrogens is 285 g/mol. The maximum Gasteiger partial charge on any atom is 0.356 e. The van der Waals surface area contributed by atoms with Crippen LogP contribution >= 0.6 is 7.60 Å². The van der Waals surface area contributed by atoms with E-state index in [1.165, 1.54) is 14.2 Å². The molecule has 0 saturated carbocycles. The maximum atomic E-state index is 13.0. The number of hydrogen-bond donors (Lipinski definition) is 0. The highest BCUT2D eigenvalue weighted by molar-refractivity contribution is 7.54. The summed E-state index contributed by atoms with van der Waals surface area (Å²) in [7, 11) is 1.41. The summed E-state index contributed by atoms with van der Waals surface area (Å²) in [6, 6.07) is 19.4. The third-order valence-electron chi connectivity index (χ3n) is 3.44. The predicted molar refractivity (Wildman–Crippen MR) is 85.7 cm³/mol. The first kappa shape index (κ1) is 15.8. The van der Waals surface area contributed by atoms with Crippen LogP contribution in [0.3, 0.4) is 0 Å². The van der Waals surface area contributed by atoms with Crippen molar-refractivity contribution in [3.05, 3.63) is 66.2 Å². The Hall–Kier alpha value is -1.61. The minimum atomic E-state index is -3.31. The number of hydrogen-bond acceptors (Lipinski definition) is 4. The molecule has 1 atom stereocenters. The largest absolute Gasteiger partial charge is 0.357 e. The molecule has 2 aromatic carbocycles. The van der Waals surface area contributed by atoms with Crippen molar-refractivity contribution in [2.75, 3.05) is 26.2 Å². The van der Waals surface area contributed by atoms with Gasteiger partial charge in [0.05, 0.1) is 0 Å². The van der Waals surface area contributed by atoms with Gasteiger partial charge < -0.3 is 13.9 Å². The normalized spacial score (nSPS) is 12.9. The van der Waals surface area contributed by atoms with Crippen LogP contribution in [0.4, 0.5) is 5.69 Å². The minimum absolute atomic E-state index is 0.504. The van der Waals surface area contributed by atoms with E-state index in [4.69, 9.17) is 9.05 Å². The maximum absolute atomic E-state index is 13.0. The van der Waals surface area contributed by atoms with Gasteiger partial charge >= 0.3 is 7.60 Å². The Morgan fingerprint density at radius 1 is 0.905 bits per heavy atom. The van der Waals surface area contributed by atoms with Crippen LogP contribution in [-0.2, 0) is 13.6 Å². The first-order valence-electron chi connectivity index (χ1n) is 6.66. The summed E-state index contributed by atoms with van der Waals surface area (Å²) in [5.41, 5.74) is 1.83. The molecule has 0 amide bonds. The Bertz CT molecular complexity index is 595. The van der Waals surface area contributed by atoms with Gasteiger partial charge in [0, 0.05) is 27.0 Å². The molecule has 0 aliphatic heterocycles. The molecule has 0 bridgehead atoms. The molecule has 5 heteroatoms. The fourth-order valence-electron chi connectivity index (χ4n) is 2.32. The molecule has 0 aromatic heterocycles. The van der Waals surface area contributed by atoms with Crippen molar-refractivity contribution < 1.29 is 13.6 Å². The van der Waals surface area contributed by atoms with Crippen LogP contribution < -0.4 is 4.90 Å². The van der Waals surface area contributed by atoms with Gasteiger partial charge in [-0.15, -0.1) is 0 Å². The molecule has 2 aromatic rings. The summed E-state index contributed by atoms with van der Waals surface area (Å²) in [5.74, 6) is -0.504. The fraction of sp³-hybridized carbons (Fsp3) is 0.250. The van der Waals surface area contributed by atoms with E-state index >= 15 is 0 Å². The minimum Gasteiger partial charge on any atom is -0.357 e. The topological polar surface area (TPSA) is 38.8 Å². The van der Waals surface area contributed by atoms with Crippen LogP contribution in [0.2, 0.25) is 0 Å². The van der Waals surface area contributed by atoms with Crippen molar-refractivity contribution in [2.45, 2.75) is 5.78 Å². The molecule has 112 valence electrons. The van der Waals surface area contributed by atoms with E-state index in [9.17, 15) is 4.57 Å². The fourth-order valence-corrected chi connectivity index (χ4v) is 3.97. The molecule has 21 heavy (non-hydrogen) atoms. The Kier molecular flexibility index (Phi) is 5.18. The monoisotopic (exact) mass is 305 g/mol. The predicted octanol–water partition coefficient (Wildman–Crippen LogP) is 4.31. The molecule has 0 fully saturated rings. The lowest BCUT2D eigenvalue weighted by Gasteiger charge is -2.34. The van der Waals surface area contributed by atoms with Crippen LogP contribution in [0.15, 0.2) is 60.7 Å². The van der Waals surface area contributed by atoms with Crippen LogP contribution in [0.1, 0.15) is 11.3 Å². The van der Waals surface area contributed by atoms with Crippen LogP contribution in [0, 0.1) is 0 Å². The zero-order valence-electron chi connectivity index (χ0n) is 12.5. The van der Waals surface area contributed by atoms with Crippen molar-refractivity contribution in [1.82, 2.24) is 0 Å². The summed E-state index contributed by atoms with van der Waals surface area (Å²) in [6.07, 6.45) is 0. The lowest BCUT2D eigenvalue weighted by atomic mass is 10.2. The second-order valence-electron chi connectivity index (χ2n) is 4.64. The number of benzene rings is 2. The standard InChI is InChI=1S/C16H20NO3P/c1-17(15-12-8-5-9-13-15)16(21(18,19-2)20-3)14-10-6-4-7-11-14/h4-13,16H,1-3H3. The van der Waals surface area contributed by atoms with E-state index < -0.39 is 13.4 Å². The van der Waals surface area contributed by atoms with Gasteiger partial charge in [0.1, 0.15) is 0 Å². The Morgan fingerprint density at radius 2 is 1.38 bits per heavy atom. The SMILES string of the molecule is COP(=O)(OC)C(c1ccccc1)N(C)c1ccccc1. The Balaban J connectivity index is 2.49. The van der Waals surface area contributed by atoms with Gasteiger partial charge in [0.2, 0.25) is 0 Å². The van der Waals surface area contributed by atoms with Gasteiger partial charge in [-0.3, -0.25) is 4.57 Å². The molecule has 0 saturated heterocycles. The molecule has 1 unspecified atom stereocenters. The summed E-state index contributed by atoms with van der Waals surface area (Å²) in [4.78, 5) is 1.92. The quantitative estimate of drug-likeness (QED) is 0.746. The summed E-state index contributed by atoms with van der Waals surface area (Å²) >= 11 is 0. The highest BCUT2D eigenvalue weighted by Gasteiger charge is 2.38. The van der Waals surface area contributed by atoms with Crippen LogP contribution in [-0.4, -0.2) is 21.3 Å².